The van der Waals surface area contributed by atoms with E-state index in [0.29, 0.717) is 11.8 Å². The summed E-state index contributed by atoms with van der Waals surface area (Å²) in [5, 5.41) is 2.69. The van der Waals surface area contributed by atoms with Crippen molar-refractivity contribution < 1.29 is 9.53 Å². The van der Waals surface area contributed by atoms with Crippen LogP contribution in [0.25, 0.3) is 0 Å². The standard InChI is InChI=1S/C20H23N3O2S/c1-3-10-21-19-18(26-20(24)22-19)13-15-8-11-23(12-9-15)14-16-6-4-5-7-17(16)25-2/h1,4-7,13,15H,8-12,14H2,2H3,(H,21,22,24). The molecule has 0 unspecified atom stereocenters. The molecule has 6 heteroatoms. The number of benzene rings is 1. The van der Waals surface area contributed by atoms with E-state index in [-0.39, 0.29) is 11.8 Å². The Labute approximate surface area is 158 Å². The lowest BCUT2D eigenvalue weighted by Crippen LogP contribution is -2.33. The molecule has 0 aromatic heterocycles. The molecule has 0 saturated carbocycles. The second-order valence-electron chi connectivity index (χ2n) is 6.34. The number of thioether (sulfide) groups is 1. The molecule has 0 atom stereocenters. The van der Waals surface area contributed by atoms with Gasteiger partial charge in [0.15, 0.2) is 0 Å². The number of nitrogens with zero attached hydrogens (tertiary/aromatic N) is 2. The molecule has 2 aliphatic heterocycles. The first kappa shape index (κ1) is 18.6. The molecule has 2 heterocycles. The van der Waals surface area contributed by atoms with Crippen molar-refractivity contribution in [3.8, 4) is 18.1 Å². The number of carbonyl (C=O) groups excluding carboxylic acids is 1. The molecular formula is C20H23N3O2S. The normalized spacial score (nSPS) is 21.8. The number of aliphatic imine (C=N–C) groups is 1. The Kier molecular flexibility index (Phi) is 6.37. The molecule has 136 valence electrons. The number of hydrogen-bond donors (Lipinski definition) is 1. The Morgan fingerprint density at radius 1 is 1.42 bits per heavy atom. The fraction of sp³-hybridized carbons (Fsp3) is 0.400. The lowest BCUT2D eigenvalue weighted by Gasteiger charge is -2.31. The van der Waals surface area contributed by atoms with Crippen LogP contribution in [-0.4, -0.2) is 42.7 Å². The number of likely N-dealkylation sites (tertiary alicyclic amines) is 1. The smallest absolute Gasteiger partial charge is 0.289 e. The molecular weight excluding hydrogens is 346 g/mol. The Hall–Kier alpha value is -2.23. The van der Waals surface area contributed by atoms with E-state index in [4.69, 9.17) is 11.2 Å². The number of ether oxygens (including phenoxy) is 1. The molecule has 0 aliphatic carbocycles. The number of terminal acetylenes is 1. The molecule has 5 nitrogen and oxygen atoms in total. The molecule has 2 aliphatic rings. The number of rotatable bonds is 5. The van der Waals surface area contributed by atoms with E-state index in [2.05, 4.69) is 33.3 Å². The number of amidine groups is 1. The van der Waals surface area contributed by atoms with Gasteiger partial charge in [-0.15, -0.1) is 6.42 Å². The highest BCUT2D eigenvalue weighted by atomic mass is 32.2. The number of methoxy groups -OCH3 is 1. The summed E-state index contributed by atoms with van der Waals surface area (Å²) >= 11 is 1.21. The van der Waals surface area contributed by atoms with Gasteiger partial charge in [-0.1, -0.05) is 30.2 Å². The first-order valence-electron chi connectivity index (χ1n) is 8.72. The van der Waals surface area contributed by atoms with Gasteiger partial charge in [0.25, 0.3) is 5.24 Å². The van der Waals surface area contributed by atoms with Crippen molar-refractivity contribution in [2.75, 3.05) is 26.7 Å². The highest BCUT2D eigenvalue weighted by Crippen LogP contribution is 2.30. The minimum Gasteiger partial charge on any atom is -0.496 e. The average molecular weight is 369 g/mol. The van der Waals surface area contributed by atoms with Crippen LogP contribution in [0.3, 0.4) is 0 Å². The number of amides is 1. The van der Waals surface area contributed by atoms with Gasteiger partial charge in [-0.25, -0.2) is 0 Å². The minimum atomic E-state index is -0.0827. The molecule has 26 heavy (non-hydrogen) atoms. The molecule has 1 N–H and O–H groups in total. The second kappa shape index (κ2) is 8.93. The van der Waals surface area contributed by atoms with Crippen LogP contribution in [-0.2, 0) is 6.54 Å². The van der Waals surface area contributed by atoms with Crippen LogP contribution in [0.5, 0.6) is 5.75 Å². The zero-order chi connectivity index (χ0) is 18.4. The fourth-order valence-corrected chi connectivity index (χ4v) is 4.07. The summed E-state index contributed by atoms with van der Waals surface area (Å²) in [4.78, 5) is 19.3. The van der Waals surface area contributed by atoms with Gasteiger partial charge in [0.05, 0.1) is 12.0 Å². The molecule has 1 amide bonds. The van der Waals surface area contributed by atoms with Crippen molar-refractivity contribution in [1.82, 2.24) is 10.2 Å². The molecule has 2 fully saturated rings. The van der Waals surface area contributed by atoms with Crippen molar-refractivity contribution >= 4 is 22.8 Å². The summed E-state index contributed by atoms with van der Waals surface area (Å²) in [6.07, 6.45) is 9.57. The summed E-state index contributed by atoms with van der Waals surface area (Å²) in [5.41, 5.74) is 1.22. The highest BCUT2D eigenvalue weighted by molar-refractivity contribution is 8.18. The largest absolute Gasteiger partial charge is 0.496 e. The van der Waals surface area contributed by atoms with Gasteiger partial charge < -0.3 is 10.1 Å². The van der Waals surface area contributed by atoms with Crippen molar-refractivity contribution in [1.29, 1.82) is 0 Å². The summed E-state index contributed by atoms with van der Waals surface area (Å²) in [6, 6.07) is 8.17. The molecule has 3 rings (SSSR count). The van der Waals surface area contributed by atoms with Crippen molar-refractivity contribution in [3.63, 3.8) is 0 Å². The van der Waals surface area contributed by atoms with E-state index < -0.39 is 0 Å². The van der Waals surface area contributed by atoms with E-state index >= 15 is 0 Å². The monoisotopic (exact) mass is 369 g/mol. The maximum Gasteiger partial charge on any atom is 0.289 e. The lowest BCUT2D eigenvalue weighted by atomic mass is 9.95. The molecule has 0 radical (unpaired) electrons. The minimum absolute atomic E-state index is 0.0827. The van der Waals surface area contributed by atoms with Gasteiger partial charge in [-0.2, -0.15) is 0 Å². The quantitative estimate of drug-likeness (QED) is 0.810. The predicted octanol–water partition coefficient (Wildman–Crippen LogP) is 3.28. The topological polar surface area (TPSA) is 53.9 Å². The van der Waals surface area contributed by atoms with E-state index in [1.54, 1.807) is 7.11 Å². The van der Waals surface area contributed by atoms with Gasteiger partial charge in [-0.3, -0.25) is 14.7 Å². The van der Waals surface area contributed by atoms with Crippen LogP contribution >= 0.6 is 11.8 Å². The molecule has 0 spiro atoms. The number of hydrogen-bond acceptors (Lipinski definition) is 5. The van der Waals surface area contributed by atoms with Gasteiger partial charge >= 0.3 is 0 Å². The van der Waals surface area contributed by atoms with E-state index in [1.165, 1.54) is 17.3 Å². The number of allylic oxidation sites excluding steroid dienone is 1. The van der Waals surface area contributed by atoms with E-state index in [1.807, 2.05) is 18.2 Å². The Morgan fingerprint density at radius 2 is 2.19 bits per heavy atom. The maximum absolute atomic E-state index is 11.6. The van der Waals surface area contributed by atoms with Gasteiger partial charge in [0.1, 0.15) is 18.1 Å². The first-order chi connectivity index (χ1) is 12.7. The Balaban J connectivity index is 1.58. The number of nitrogens with one attached hydrogen (secondary N) is 1. The van der Waals surface area contributed by atoms with Crippen LogP contribution in [0.2, 0.25) is 0 Å². The van der Waals surface area contributed by atoms with Crippen molar-refractivity contribution in [3.05, 3.63) is 40.8 Å². The average Bonchev–Trinajstić information content (AvgIpc) is 3.01. The third-order valence-corrected chi connectivity index (χ3v) is 5.43. The predicted molar refractivity (Wildman–Crippen MR) is 106 cm³/mol. The van der Waals surface area contributed by atoms with Gasteiger partial charge in [0.2, 0.25) is 0 Å². The molecule has 1 aromatic rings. The summed E-state index contributed by atoms with van der Waals surface area (Å²) in [6.45, 7) is 3.23. The van der Waals surface area contributed by atoms with Crippen molar-refractivity contribution in [2.24, 2.45) is 10.9 Å². The zero-order valence-electron chi connectivity index (χ0n) is 14.9. The second-order valence-corrected chi connectivity index (χ2v) is 7.35. The third-order valence-electron chi connectivity index (χ3n) is 4.59. The molecule has 1 aromatic carbocycles. The number of carbonyl (C=O) groups is 1. The van der Waals surface area contributed by atoms with Crippen LogP contribution in [0.4, 0.5) is 4.79 Å². The first-order valence-corrected chi connectivity index (χ1v) is 9.54. The van der Waals surface area contributed by atoms with Crippen LogP contribution < -0.4 is 10.1 Å². The van der Waals surface area contributed by atoms with Crippen LogP contribution in [0.15, 0.2) is 40.2 Å². The Morgan fingerprint density at radius 3 is 2.92 bits per heavy atom. The van der Waals surface area contributed by atoms with Crippen molar-refractivity contribution in [2.45, 2.75) is 19.4 Å². The van der Waals surface area contributed by atoms with E-state index in [9.17, 15) is 4.79 Å². The molecule has 0 bridgehead atoms. The van der Waals surface area contributed by atoms with Crippen LogP contribution in [0, 0.1) is 18.3 Å². The highest BCUT2D eigenvalue weighted by Gasteiger charge is 2.26. The van der Waals surface area contributed by atoms with Gasteiger partial charge in [-0.05, 0) is 49.7 Å². The van der Waals surface area contributed by atoms with E-state index in [0.717, 1.165) is 43.1 Å². The lowest BCUT2D eigenvalue weighted by molar-refractivity contribution is 0.193. The zero-order valence-corrected chi connectivity index (χ0v) is 15.7. The summed E-state index contributed by atoms with van der Waals surface area (Å²) in [5.74, 6) is 4.50. The summed E-state index contributed by atoms with van der Waals surface area (Å²) in [7, 11) is 1.71. The molecule has 2 saturated heterocycles. The van der Waals surface area contributed by atoms with Crippen LogP contribution in [0.1, 0.15) is 18.4 Å². The third kappa shape index (κ3) is 4.69. The SMILES string of the molecule is C#CCN=C1NC(=O)SC1=CC1CCN(Cc2ccccc2OC)CC1. The summed E-state index contributed by atoms with van der Waals surface area (Å²) < 4.78 is 5.45. The maximum atomic E-state index is 11.6. The van der Waals surface area contributed by atoms with Gasteiger partial charge in [0, 0.05) is 12.1 Å². The Bertz CT molecular complexity index is 759. The number of para-hydroxylation sites is 1. The number of piperidine rings is 1. The fourth-order valence-electron chi connectivity index (χ4n) is 3.25.